The van der Waals surface area contributed by atoms with E-state index in [0.29, 0.717) is 0 Å². The highest BCUT2D eigenvalue weighted by Gasteiger charge is 2.10. The highest BCUT2D eigenvalue weighted by Crippen LogP contribution is 1.97. The van der Waals surface area contributed by atoms with Gasteiger partial charge in [-0.05, 0) is 6.42 Å². The Morgan fingerprint density at radius 1 is 1.31 bits per heavy atom. The average molecular weight is 193 g/mol. The van der Waals surface area contributed by atoms with Crippen LogP contribution in [-0.2, 0) is 9.59 Å². The Morgan fingerprint density at radius 3 is 2.31 bits per heavy atom. The van der Waals surface area contributed by atoms with Gasteiger partial charge in [-0.15, -0.1) is 0 Å². The minimum atomic E-state index is -1.09. The maximum atomic E-state index is 12.1. The molecule has 6 heteroatoms. The van der Waals surface area contributed by atoms with Gasteiger partial charge in [0.2, 0.25) is 0 Å². The van der Waals surface area contributed by atoms with E-state index < -0.39 is 24.7 Å². The Morgan fingerprint density at radius 2 is 1.92 bits per heavy atom. The molecule has 0 aliphatic heterocycles. The summed E-state index contributed by atoms with van der Waals surface area (Å²) in [6.45, 7) is -1.12. The van der Waals surface area contributed by atoms with Crippen LogP contribution in [0.2, 0.25) is 0 Å². The van der Waals surface area contributed by atoms with Crippen molar-refractivity contribution in [3.63, 3.8) is 0 Å². The van der Waals surface area contributed by atoms with Gasteiger partial charge in [-0.3, -0.25) is 9.59 Å². The van der Waals surface area contributed by atoms with Crippen LogP contribution in [0.4, 0.5) is 4.39 Å². The van der Waals surface area contributed by atoms with Crippen molar-refractivity contribution in [3.8, 4) is 0 Å². The number of rotatable bonds is 7. The largest absolute Gasteiger partial charge is 0.481 e. The topological polar surface area (TPSA) is 86.6 Å². The van der Waals surface area contributed by atoms with E-state index in [9.17, 15) is 14.0 Å². The van der Waals surface area contributed by atoms with Crippen molar-refractivity contribution in [2.75, 3.05) is 13.2 Å². The van der Waals surface area contributed by atoms with Gasteiger partial charge in [0.25, 0.3) is 0 Å². The van der Waals surface area contributed by atoms with Crippen LogP contribution < -0.4 is 5.32 Å². The number of hydrogen-bond acceptors (Lipinski definition) is 3. The van der Waals surface area contributed by atoms with Gasteiger partial charge in [0.1, 0.15) is 6.67 Å². The van der Waals surface area contributed by atoms with Crippen molar-refractivity contribution in [1.82, 2.24) is 5.32 Å². The second kappa shape index (κ2) is 6.36. The van der Waals surface area contributed by atoms with Crippen LogP contribution in [0.15, 0.2) is 0 Å². The van der Waals surface area contributed by atoms with E-state index in [2.05, 4.69) is 5.32 Å². The number of carboxylic acid groups (broad SMARTS) is 2. The number of aliphatic carboxylic acids is 2. The fourth-order valence-electron chi connectivity index (χ4n) is 0.763. The minimum absolute atomic E-state index is 0.0963. The summed E-state index contributed by atoms with van der Waals surface area (Å²) in [6.07, 6.45) is -0.0691. The van der Waals surface area contributed by atoms with Crippen molar-refractivity contribution in [2.24, 2.45) is 0 Å². The Bertz CT molecular complexity index is 167. The van der Waals surface area contributed by atoms with Crippen LogP contribution in [0.1, 0.15) is 12.8 Å². The summed E-state index contributed by atoms with van der Waals surface area (Å²) in [7, 11) is 0. The molecule has 0 radical (unpaired) electrons. The third-order valence-electron chi connectivity index (χ3n) is 1.43. The summed E-state index contributed by atoms with van der Waals surface area (Å²) in [5.41, 5.74) is 0. The molecule has 0 bridgehead atoms. The van der Waals surface area contributed by atoms with Gasteiger partial charge in [0.05, 0.1) is 6.54 Å². The molecule has 0 aliphatic carbocycles. The molecule has 1 unspecified atom stereocenters. The van der Waals surface area contributed by atoms with E-state index in [4.69, 9.17) is 10.2 Å². The first-order valence-electron chi connectivity index (χ1n) is 3.79. The monoisotopic (exact) mass is 193 g/mol. The molecule has 0 saturated carbocycles. The predicted octanol–water partition coefficient (Wildman–Crippen LogP) is -0.137. The lowest BCUT2D eigenvalue weighted by molar-refractivity contribution is -0.137. The van der Waals surface area contributed by atoms with E-state index in [1.165, 1.54) is 0 Å². The SMILES string of the molecule is O=C(O)CCC(CF)NCC(=O)O. The highest BCUT2D eigenvalue weighted by molar-refractivity contribution is 5.69. The summed E-state index contributed by atoms with van der Waals surface area (Å²) in [6, 6.07) is -0.688. The Labute approximate surface area is 74.6 Å². The van der Waals surface area contributed by atoms with Gasteiger partial charge >= 0.3 is 11.9 Å². The average Bonchev–Trinajstić information content (AvgIpc) is 2.04. The normalized spacial score (nSPS) is 12.4. The maximum Gasteiger partial charge on any atom is 0.317 e. The van der Waals surface area contributed by atoms with E-state index in [1.54, 1.807) is 0 Å². The van der Waals surface area contributed by atoms with Crippen molar-refractivity contribution >= 4 is 11.9 Å². The first kappa shape index (κ1) is 11.8. The van der Waals surface area contributed by atoms with E-state index >= 15 is 0 Å². The molecule has 0 aliphatic rings. The first-order chi connectivity index (χ1) is 6.06. The van der Waals surface area contributed by atoms with E-state index in [-0.39, 0.29) is 19.4 Å². The first-order valence-corrected chi connectivity index (χ1v) is 3.79. The number of halogens is 1. The van der Waals surface area contributed by atoms with Crippen LogP contribution in [0.3, 0.4) is 0 Å². The summed E-state index contributed by atoms with van der Waals surface area (Å²) < 4.78 is 12.1. The zero-order valence-corrected chi connectivity index (χ0v) is 6.99. The van der Waals surface area contributed by atoms with Crippen LogP contribution in [0, 0.1) is 0 Å². The molecule has 76 valence electrons. The van der Waals surface area contributed by atoms with E-state index in [1.807, 2.05) is 0 Å². The van der Waals surface area contributed by atoms with E-state index in [0.717, 1.165) is 0 Å². The molecule has 5 nitrogen and oxygen atoms in total. The van der Waals surface area contributed by atoms with Gasteiger partial charge in [-0.25, -0.2) is 4.39 Å². The molecule has 0 fully saturated rings. The number of nitrogens with one attached hydrogen (secondary N) is 1. The summed E-state index contributed by atoms with van der Waals surface area (Å²) in [4.78, 5) is 20.1. The molecule has 0 amide bonds. The molecule has 0 saturated heterocycles. The van der Waals surface area contributed by atoms with Crippen molar-refractivity contribution in [2.45, 2.75) is 18.9 Å². The van der Waals surface area contributed by atoms with Crippen molar-refractivity contribution in [3.05, 3.63) is 0 Å². The molecule has 3 N–H and O–H groups in total. The predicted molar refractivity (Wildman–Crippen MR) is 42.3 cm³/mol. The molecular weight excluding hydrogens is 181 g/mol. The standard InChI is InChI=1S/C7H12FNO4/c8-3-5(1-2-6(10)11)9-4-7(12)13/h5,9H,1-4H2,(H,10,11)(H,12,13). The molecule has 0 aromatic heterocycles. The molecule has 0 aromatic rings. The lowest BCUT2D eigenvalue weighted by atomic mass is 10.2. The summed E-state index contributed by atoms with van der Waals surface area (Å²) >= 11 is 0. The molecule has 0 heterocycles. The van der Waals surface area contributed by atoms with Crippen molar-refractivity contribution < 1.29 is 24.2 Å². The fourth-order valence-corrected chi connectivity index (χ4v) is 0.763. The molecule has 1 atom stereocenters. The second-order valence-electron chi connectivity index (χ2n) is 2.56. The van der Waals surface area contributed by atoms with Crippen LogP contribution >= 0.6 is 0 Å². The quantitative estimate of drug-likeness (QED) is 0.524. The van der Waals surface area contributed by atoms with Gasteiger partial charge in [0, 0.05) is 12.5 Å². The number of hydrogen-bond donors (Lipinski definition) is 3. The number of alkyl halides is 1. The maximum absolute atomic E-state index is 12.1. The third-order valence-corrected chi connectivity index (χ3v) is 1.43. The second-order valence-corrected chi connectivity index (χ2v) is 2.56. The van der Waals surface area contributed by atoms with Gasteiger partial charge in [-0.1, -0.05) is 0 Å². The van der Waals surface area contributed by atoms with Crippen LogP contribution in [0.25, 0.3) is 0 Å². The molecular formula is C7H12FNO4. The van der Waals surface area contributed by atoms with Gasteiger partial charge in [-0.2, -0.15) is 0 Å². The summed E-state index contributed by atoms with van der Waals surface area (Å²) in [5.74, 6) is -2.11. The van der Waals surface area contributed by atoms with Gasteiger partial charge < -0.3 is 15.5 Å². The molecule has 0 rings (SSSR count). The lowest BCUT2D eigenvalue weighted by Gasteiger charge is -2.11. The van der Waals surface area contributed by atoms with Crippen molar-refractivity contribution in [1.29, 1.82) is 0 Å². The Balaban J connectivity index is 3.63. The zero-order valence-electron chi connectivity index (χ0n) is 6.99. The number of carbonyl (C=O) groups is 2. The van der Waals surface area contributed by atoms with Crippen LogP contribution in [-0.4, -0.2) is 41.4 Å². The third kappa shape index (κ3) is 7.20. The highest BCUT2D eigenvalue weighted by atomic mass is 19.1. The smallest absolute Gasteiger partial charge is 0.317 e. The fraction of sp³-hybridized carbons (Fsp3) is 0.714. The Hall–Kier alpha value is -1.17. The van der Waals surface area contributed by atoms with Crippen LogP contribution in [0.5, 0.6) is 0 Å². The summed E-state index contributed by atoms with van der Waals surface area (Å²) in [5, 5.41) is 18.9. The lowest BCUT2D eigenvalue weighted by Crippen LogP contribution is -2.35. The van der Waals surface area contributed by atoms with Gasteiger partial charge in [0.15, 0.2) is 0 Å². The minimum Gasteiger partial charge on any atom is -0.481 e. The number of carboxylic acids is 2. The Kier molecular flexibility index (Phi) is 5.79. The molecule has 0 spiro atoms. The molecule has 0 aromatic carbocycles. The molecule has 13 heavy (non-hydrogen) atoms. The zero-order chi connectivity index (χ0) is 10.3.